The molecule has 0 unspecified atom stereocenters. The lowest BCUT2D eigenvalue weighted by Crippen LogP contribution is -2.68. The van der Waals surface area contributed by atoms with Crippen LogP contribution in [0.25, 0.3) is 0 Å². The number of nitriles is 1. The second-order valence-corrected chi connectivity index (χ2v) is 16.2. The Morgan fingerprint density at radius 3 is 2.20 bits per heavy atom. The highest BCUT2D eigenvalue weighted by Crippen LogP contribution is 2.40. The predicted octanol–water partition coefficient (Wildman–Crippen LogP) is 6.70. The van der Waals surface area contributed by atoms with Crippen LogP contribution in [-0.2, 0) is 15.6 Å². The van der Waals surface area contributed by atoms with Crippen molar-refractivity contribution in [1.29, 1.82) is 5.26 Å². The Kier molecular flexibility index (Phi) is 9.85. The van der Waals surface area contributed by atoms with Crippen molar-refractivity contribution in [3.05, 3.63) is 102 Å². The molecule has 4 rings (SSSR count). The lowest BCUT2D eigenvalue weighted by Gasteiger charge is -2.46. The number of carbonyl (C=O) groups is 1. The number of allylic oxidation sites excluding steroid dienone is 2. The van der Waals surface area contributed by atoms with E-state index in [1.165, 1.54) is 16.4 Å². The maximum Gasteiger partial charge on any atom is 0.342 e. The Balaban J connectivity index is 1.81. The van der Waals surface area contributed by atoms with Gasteiger partial charge in [-0.15, -0.1) is 0 Å². The van der Waals surface area contributed by atoms with Crippen LogP contribution >= 0.6 is 0 Å². The molecule has 3 atom stereocenters. The van der Waals surface area contributed by atoms with E-state index in [4.69, 9.17) is 9.16 Å². The Hall–Kier alpha value is -3.66. The van der Waals surface area contributed by atoms with Crippen LogP contribution in [0.15, 0.2) is 91.0 Å². The molecule has 0 fully saturated rings. The van der Waals surface area contributed by atoms with Crippen LogP contribution in [0, 0.1) is 17.2 Å². The second kappa shape index (κ2) is 13.3. The van der Waals surface area contributed by atoms with Gasteiger partial charge in [-0.3, -0.25) is 0 Å². The van der Waals surface area contributed by atoms with E-state index in [0.717, 1.165) is 12.0 Å². The van der Waals surface area contributed by atoms with E-state index in [0.29, 0.717) is 19.3 Å². The summed E-state index contributed by atoms with van der Waals surface area (Å²) in [6.07, 6.45) is 5.82. The summed E-state index contributed by atoms with van der Waals surface area (Å²) in [7, 11) is -2.88. The van der Waals surface area contributed by atoms with Gasteiger partial charge in [0, 0.05) is 12.8 Å². The minimum Gasteiger partial charge on any atom is -0.507 e. The minimum atomic E-state index is -2.88. The molecule has 1 heterocycles. The molecule has 214 valence electrons. The molecule has 0 saturated heterocycles. The molecule has 0 spiro atoms. The third-order valence-corrected chi connectivity index (χ3v) is 13.1. The standard InChI is InChI=1S/C35H41NO4Si/c1-26-15-11-12-16-27-17-13-23-31(37)33(27)34(38)39-28(18-14-24-36)25-32(26)40-41(35(2,3)4,29-19-7-5-8-20-29)30-21-9-6-10-22-30/h5-13,17,19-23,26,28,32,37H,14-16,18,25H2,1-4H3/b12-11+/t26-,28-,32+/m1/s1. The van der Waals surface area contributed by atoms with E-state index in [9.17, 15) is 15.2 Å². The van der Waals surface area contributed by atoms with Crippen molar-refractivity contribution in [3.63, 3.8) is 0 Å². The molecule has 3 aromatic rings. The summed E-state index contributed by atoms with van der Waals surface area (Å²) >= 11 is 0. The van der Waals surface area contributed by atoms with E-state index in [2.05, 4.69) is 94.4 Å². The number of phenolic OH excluding ortho intramolecular Hbond substituents is 1. The molecule has 0 aliphatic carbocycles. The van der Waals surface area contributed by atoms with Gasteiger partial charge in [0.25, 0.3) is 8.32 Å². The van der Waals surface area contributed by atoms with E-state index in [1.54, 1.807) is 6.07 Å². The monoisotopic (exact) mass is 567 g/mol. The lowest BCUT2D eigenvalue weighted by molar-refractivity contribution is 0.00705. The summed E-state index contributed by atoms with van der Waals surface area (Å²) in [5.74, 6) is -0.531. The molecule has 1 N–H and O–H groups in total. The van der Waals surface area contributed by atoms with Gasteiger partial charge in [0.1, 0.15) is 17.4 Å². The molecular weight excluding hydrogens is 526 g/mol. The highest BCUT2D eigenvalue weighted by Gasteiger charge is 2.52. The van der Waals surface area contributed by atoms with Crippen LogP contribution in [0.5, 0.6) is 5.75 Å². The number of aromatic hydroxyl groups is 1. The van der Waals surface area contributed by atoms with Gasteiger partial charge >= 0.3 is 5.97 Å². The van der Waals surface area contributed by atoms with Crippen LogP contribution in [0.4, 0.5) is 0 Å². The molecule has 1 aliphatic heterocycles. The zero-order chi connectivity index (χ0) is 29.5. The largest absolute Gasteiger partial charge is 0.507 e. The fourth-order valence-electron chi connectivity index (χ4n) is 5.90. The van der Waals surface area contributed by atoms with Gasteiger partial charge in [-0.25, -0.2) is 4.79 Å². The van der Waals surface area contributed by atoms with Crippen LogP contribution in [0.1, 0.15) is 69.3 Å². The fraction of sp³-hybridized carbons (Fsp3) is 0.371. The number of fused-ring (bicyclic) bond motifs is 1. The highest BCUT2D eigenvalue weighted by molar-refractivity contribution is 6.99. The SMILES string of the molecule is C[C@@H]1C/C=C/Cc2cccc(O)c2C(=O)O[C@H](CCC#N)C[C@@H]1O[Si](c1ccccc1)(c1ccccc1)C(C)(C)C. The molecule has 1 aliphatic rings. The smallest absolute Gasteiger partial charge is 0.342 e. The molecular formula is C35H41NO4Si. The summed E-state index contributed by atoms with van der Waals surface area (Å²) in [4.78, 5) is 13.5. The van der Waals surface area contributed by atoms with Crippen molar-refractivity contribution < 1.29 is 19.1 Å². The van der Waals surface area contributed by atoms with Crippen molar-refractivity contribution >= 4 is 24.7 Å². The maximum absolute atomic E-state index is 13.5. The summed E-state index contributed by atoms with van der Waals surface area (Å²) in [5.41, 5.74) is 0.913. The van der Waals surface area contributed by atoms with Crippen LogP contribution in [0.3, 0.4) is 0 Å². The average Bonchev–Trinajstić information content (AvgIpc) is 2.95. The first-order chi connectivity index (χ1) is 19.7. The van der Waals surface area contributed by atoms with Crippen molar-refractivity contribution in [1.82, 2.24) is 0 Å². The van der Waals surface area contributed by atoms with Gasteiger partial charge in [0.15, 0.2) is 0 Å². The third kappa shape index (κ3) is 6.81. The summed E-state index contributed by atoms with van der Waals surface area (Å²) in [6, 6.07) is 28.4. The number of rotatable bonds is 6. The Morgan fingerprint density at radius 2 is 1.61 bits per heavy atom. The topological polar surface area (TPSA) is 79.5 Å². The molecule has 0 saturated carbocycles. The van der Waals surface area contributed by atoms with Gasteiger partial charge in [-0.1, -0.05) is 113 Å². The number of cyclic esters (lactones) is 1. The molecule has 0 aromatic heterocycles. The maximum atomic E-state index is 13.5. The van der Waals surface area contributed by atoms with E-state index in [-0.39, 0.29) is 34.8 Å². The van der Waals surface area contributed by atoms with Gasteiger partial charge in [-0.2, -0.15) is 5.26 Å². The molecule has 5 nitrogen and oxygen atoms in total. The van der Waals surface area contributed by atoms with Gasteiger partial charge in [0.2, 0.25) is 0 Å². The predicted molar refractivity (Wildman–Crippen MR) is 166 cm³/mol. The second-order valence-electron chi connectivity index (χ2n) is 12.0. The molecule has 41 heavy (non-hydrogen) atoms. The normalized spacial score (nSPS) is 21.0. The number of nitrogens with zero attached hydrogens (tertiary/aromatic N) is 1. The number of ether oxygens (including phenoxy) is 1. The first kappa shape index (κ1) is 30.3. The van der Waals surface area contributed by atoms with Crippen molar-refractivity contribution in [2.24, 2.45) is 5.92 Å². The van der Waals surface area contributed by atoms with Crippen LogP contribution in [-0.4, -0.2) is 31.6 Å². The zero-order valence-corrected chi connectivity index (χ0v) is 25.5. The number of phenols is 1. The van der Waals surface area contributed by atoms with E-state index >= 15 is 0 Å². The van der Waals surface area contributed by atoms with Crippen LogP contribution < -0.4 is 10.4 Å². The molecule has 6 heteroatoms. The number of hydrogen-bond acceptors (Lipinski definition) is 5. The Morgan fingerprint density at radius 1 is 0.976 bits per heavy atom. The van der Waals surface area contributed by atoms with Crippen molar-refractivity contribution in [2.75, 3.05) is 0 Å². The van der Waals surface area contributed by atoms with Gasteiger partial charge < -0.3 is 14.3 Å². The zero-order valence-electron chi connectivity index (χ0n) is 24.5. The highest BCUT2D eigenvalue weighted by atomic mass is 28.4. The number of hydrogen-bond donors (Lipinski definition) is 1. The molecule has 0 radical (unpaired) electrons. The summed E-state index contributed by atoms with van der Waals surface area (Å²) in [5, 5.41) is 22.2. The first-order valence-electron chi connectivity index (χ1n) is 14.5. The summed E-state index contributed by atoms with van der Waals surface area (Å²) in [6.45, 7) is 8.96. The van der Waals surface area contributed by atoms with Crippen LogP contribution in [0.2, 0.25) is 5.04 Å². The first-order valence-corrected chi connectivity index (χ1v) is 16.4. The molecule has 0 amide bonds. The number of benzene rings is 3. The Labute approximate surface area is 245 Å². The van der Waals surface area contributed by atoms with Gasteiger partial charge in [0.05, 0.1) is 12.2 Å². The van der Waals surface area contributed by atoms with E-state index in [1.807, 2.05) is 18.2 Å². The lowest BCUT2D eigenvalue weighted by atomic mass is 9.93. The number of esters is 1. The third-order valence-electron chi connectivity index (χ3n) is 8.07. The number of carbonyl (C=O) groups excluding carboxylic acids is 1. The summed E-state index contributed by atoms with van der Waals surface area (Å²) < 4.78 is 13.6. The van der Waals surface area contributed by atoms with Crippen molar-refractivity contribution in [3.8, 4) is 11.8 Å². The quantitative estimate of drug-likeness (QED) is 0.204. The van der Waals surface area contributed by atoms with Gasteiger partial charge in [-0.05, 0) is 52.2 Å². The molecule has 3 aromatic carbocycles. The van der Waals surface area contributed by atoms with E-state index < -0.39 is 20.4 Å². The Bertz CT molecular complexity index is 1340. The molecule has 0 bridgehead atoms. The minimum absolute atomic E-state index is 0.0922. The van der Waals surface area contributed by atoms with Crippen molar-refractivity contribution in [2.45, 2.75) is 77.0 Å². The fourth-order valence-corrected chi connectivity index (χ4v) is 10.7. The average molecular weight is 568 g/mol.